The van der Waals surface area contributed by atoms with Crippen molar-refractivity contribution in [3.63, 3.8) is 0 Å². The van der Waals surface area contributed by atoms with E-state index in [2.05, 4.69) is 0 Å². The summed E-state index contributed by atoms with van der Waals surface area (Å²) in [6, 6.07) is 23.3. The molecule has 0 bridgehead atoms. The van der Waals surface area contributed by atoms with Crippen LogP contribution in [0.5, 0.6) is 11.5 Å². The maximum Gasteiger partial charge on any atom is 0.363 e. The normalized spacial score (nSPS) is 13.3. The van der Waals surface area contributed by atoms with E-state index in [1.165, 1.54) is 12.1 Å². The van der Waals surface area contributed by atoms with Crippen LogP contribution in [0.3, 0.4) is 0 Å². The summed E-state index contributed by atoms with van der Waals surface area (Å²) in [6.45, 7) is 3.40. The van der Waals surface area contributed by atoms with E-state index in [4.69, 9.17) is 9.57 Å². The Morgan fingerprint density at radius 1 is 0.778 bits per heavy atom. The number of phenolic OH excluding ortho intramolecular Hbond substituents is 1. The Labute approximate surface area is 258 Å². The van der Waals surface area contributed by atoms with Crippen LogP contribution in [0.1, 0.15) is 55.8 Å². The van der Waals surface area contributed by atoms with Crippen LogP contribution in [0.4, 0.5) is 0 Å². The summed E-state index contributed by atoms with van der Waals surface area (Å²) in [6.07, 6.45) is 3.91. The van der Waals surface area contributed by atoms with Gasteiger partial charge in [0.15, 0.2) is 0 Å². The van der Waals surface area contributed by atoms with Gasteiger partial charge in [-0.3, -0.25) is 9.59 Å². The van der Waals surface area contributed by atoms with E-state index < -0.39 is 23.8 Å². The zero-order chi connectivity index (χ0) is 31.8. The highest BCUT2D eigenvalue weighted by Crippen LogP contribution is 2.31. The average molecular weight is 602 g/mol. The summed E-state index contributed by atoms with van der Waals surface area (Å²) < 4.78 is 8.05. The van der Waals surface area contributed by atoms with Crippen molar-refractivity contribution < 1.29 is 38.4 Å². The first-order valence-corrected chi connectivity index (χ1v) is 14.3. The van der Waals surface area contributed by atoms with Gasteiger partial charge in [-0.05, 0) is 72.5 Å². The number of ether oxygens (including phenoxy) is 1. The lowest BCUT2D eigenvalue weighted by atomic mass is 10.00. The Bertz CT molecular complexity index is 2040. The third-order valence-electron chi connectivity index (χ3n) is 7.82. The molecule has 1 aromatic heterocycles. The summed E-state index contributed by atoms with van der Waals surface area (Å²) in [5.74, 6) is -2.05. The summed E-state index contributed by atoms with van der Waals surface area (Å²) in [4.78, 5) is 55.5. The van der Waals surface area contributed by atoms with Gasteiger partial charge in [0.2, 0.25) is 11.0 Å². The van der Waals surface area contributed by atoms with Crippen LogP contribution in [-0.4, -0.2) is 33.9 Å². The van der Waals surface area contributed by atoms with E-state index in [0.717, 1.165) is 27.5 Å². The van der Waals surface area contributed by atoms with Crippen molar-refractivity contribution in [3.8, 4) is 11.5 Å². The van der Waals surface area contributed by atoms with Crippen LogP contribution in [-0.2, 0) is 21.5 Å². The number of nitrogens with zero attached hydrogens (tertiary/aromatic N) is 2. The highest BCUT2D eigenvalue weighted by Gasteiger charge is 2.33. The van der Waals surface area contributed by atoms with E-state index in [0.29, 0.717) is 32.9 Å². The van der Waals surface area contributed by atoms with Gasteiger partial charge in [0.1, 0.15) is 18.5 Å². The molecule has 1 N–H and O–H groups in total. The number of pyridine rings is 1. The summed E-state index contributed by atoms with van der Waals surface area (Å²) in [5.41, 5.74) is 5.06. The molecule has 1 fully saturated rings. The number of hydroxylamine groups is 2. The molecule has 0 saturated carbocycles. The predicted octanol–water partition coefficient (Wildman–Crippen LogP) is 5.75. The van der Waals surface area contributed by atoms with Gasteiger partial charge in [0, 0.05) is 25.0 Å². The van der Waals surface area contributed by atoms with Crippen molar-refractivity contribution in [2.75, 3.05) is 0 Å². The molecule has 1 saturated heterocycles. The van der Waals surface area contributed by atoms with Crippen LogP contribution >= 0.6 is 0 Å². The third kappa shape index (κ3) is 5.63. The number of carbonyl (C=O) groups excluding carboxylic acids is 4. The van der Waals surface area contributed by atoms with Crippen molar-refractivity contribution in [1.29, 1.82) is 0 Å². The number of amides is 2. The quantitative estimate of drug-likeness (QED) is 0.0658. The van der Waals surface area contributed by atoms with Gasteiger partial charge < -0.3 is 14.7 Å². The topological polar surface area (TPSA) is 114 Å². The third-order valence-corrected chi connectivity index (χ3v) is 7.82. The van der Waals surface area contributed by atoms with Crippen LogP contribution in [0.2, 0.25) is 0 Å². The van der Waals surface area contributed by atoms with Crippen LogP contribution < -0.4 is 9.30 Å². The Balaban J connectivity index is 1.34. The first-order valence-electron chi connectivity index (χ1n) is 14.3. The number of aromatic hydroxyl groups is 1. The lowest BCUT2D eigenvalue weighted by Gasteiger charge is -2.16. The van der Waals surface area contributed by atoms with E-state index >= 15 is 0 Å². The lowest BCUT2D eigenvalue weighted by molar-refractivity contribution is -0.617. The summed E-state index contributed by atoms with van der Waals surface area (Å²) in [5, 5.41) is 11.5. The number of para-hydroxylation sites is 1. The molecule has 6 rings (SSSR count). The zero-order valence-corrected chi connectivity index (χ0v) is 24.9. The molecule has 0 spiro atoms. The number of fused-ring (bicyclic) bond motifs is 2. The molecular weight excluding hydrogens is 572 g/mol. The fourth-order valence-electron chi connectivity index (χ4n) is 5.56. The maximum absolute atomic E-state index is 14.0. The number of imide groups is 1. The van der Waals surface area contributed by atoms with Crippen molar-refractivity contribution in [2.24, 2.45) is 7.05 Å². The van der Waals surface area contributed by atoms with E-state index in [1.807, 2.05) is 78.4 Å². The number of hydrogen-bond acceptors (Lipinski definition) is 7. The second-order valence-corrected chi connectivity index (χ2v) is 10.9. The smallest absolute Gasteiger partial charge is 0.363 e. The molecule has 9 nitrogen and oxygen atoms in total. The minimum atomic E-state index is -0.856. The standard InChI is InChI=1S/C36H28N2O7/c1-21-18-25(35(42)45-38-31(40)16-17-32(38)41)19-22(2)34(21)44-36(43)33-27-6-4-5-7-29(27)37(3)30-20-24(12-15-28(30)33)9-8-23-10-13-26(39)14-11-23/h4-15,18-20H,16-17H2,1-3H3/p+1. The highest BCUT2D eigenvalue weighted by molar-refractivity contribution is 6.13. The molecule has 9 heteroatoms. The Morgan fingerprint density at radius 3 is 2.07 bits per heavy atom. The van der Waals surface area contributed by atoms with Crippen LogP contribution in [0.25, 0.3) is 34.0 Å². The van der Waals surface area contributed by atoms with E-state index in [-0.39, 0.29) is 24.2 Å². The first kappa shape index (κ1) is 29.3. The molecule has 5 aromatic rings. The van der Waals surface area contributed by atoms with Crippen LogP contribution in [0, 0.1) is 13.8 Å². The second kappa shape index (κ2) is 11.7. The Kier molecular flexibility index (Phi) is 7.60. The molecule has 0 radical (unpaired) electrons. The fourth-order valence-corrected chi connectivity index (χ4v) is 5.56. The molecular formula is C36H29N2O7+. The summed E-state index contributed by atoms with van der Waals surface area (Å²) in [7, 11) is 1.95. The molecule has 1 aliphatic heterocycles. The fraction of sp³-hybridized carbons (Fsp3) is 0.139. The average Bonchev–Trinajstić information content (AvgIpc) is 3.34. The van der Waals surface area contributed by atoms with Gasteiger partial charge in [-0.1, -0.05) is 42.5 Å². The number of aromatic nitrogens is 1. The summed E-state index contributed by atoms with van der Waals surface area (Å²) >= 11 is 0. The van der Waals surface area contributed by atoms with Gasteiger partial charge in [0.05, 0.1) is 21.9 Å². The number of phenols is 1. The van der Waals surface area contributed by atoms with Crippen LogP contribution in [0.15, 0.2) is 78.9 Å². The number of benzene rings is 4. The van der Waals surface area contributed by atoms with Gasteiger partial charge in [-0.2, -0.15) is 4.57 Å². The minimum absolute atomic E-state index is 0.00222. The van der Waals surface area contributed by atoms with Crippen molar-refractivity contribution in [1.82, 2.24) is 5.06 Å². The highest BCUT2D eigenvalue weighted by atomic mass is 16.7. The molecule has 224 valence electrons. The van der Waals surface area contributed by atoms with Crippen molar-refractivity contribution in [3.05, 3.63) is 112 Å². The van der Waals surface area contributed by atoms with Gasteiger partial charge in [-0.25, -0.2) is 9.59 Å². The molecule has 0 aliphatic carbocycles. The SMILES string of the molecule is Cc1cc(C(=O)ON2C(=O)CCC2=O)cc(C)c1OC(=O)c1c2ccccc2[n+](C)c2cc(C=Cc3ccc(O)cc3)ccc12. The lowest BCUT2D eigenvalue weighted by Crippen LogP contribution is -2.32. The number of hydrogen-bond donors (Lipinski definition) is 1. The van der Waals surface area contributed by atoms with Crippen molar-refractivity contribution in [2.45, 2.75) is 26.7 Å². The first-order chi connectivity index (χ1) is 21.6. The van der Waals surface area contributed by atoms with Gasteiger partial charge in [-0.15, -0.1) is 5.06 Å². The molecule has 2 heterocycles. The predicted molar refractivity (Wildman–Crippen MR) is 167 cm³/mol. The van der Waals surface area contributed by atoms with Gasteiger partial charge >= 0.3 is 11.9 Å². The van der Waals surface area contributed by atoms with Gasteiger partial charge in [0.25, 0.3) is 11.8 Å². The number of carbonyl (C=O) groups is 4. The molecule has 1 aliphatic rings. The molecule has 0 unspecified atom stereocenters. The number of rotatable bonds is 6. The minimum Gasteiger partial charge on any atom is -0.508 e. The molecule has 0 atom stereocenters. The largest absolute Gasteiger partial charge is 0.508 e. The number of esters is 1. The second-order valence-electron chi connectivity index (χ2n) is 10.9. The monoisotopic (exact) mass is 601 g/mol. The Morgan fingerprint density at radius 2 is 1.38 bits per heavy atom. The molecule has 45 heavy (non-hydrogen) atoms. The number of aryl methyl sites for hydroxylation is 3. The molecule has 4 aromatic carbocycles. The van der Waals surface area contributed by atoms with E-state index in [1.54, 1.807) is 26.0 Å². The van der Waals surface area contributed by atoms with E-state index in [9.17, 15) is 24.3 Å². The zero-order valence-electron chi connectivity index (χ0n) is 24.9. The maximum atomic E-state index is 14.0. The Hall–Kier alpha value is -5.83. The molecule has 2 amide bonds. The van der Waals surface area contributed by atoms with Crippen molar-refractivity contribution >= 4 is 57.7 Å².